The smallest absolute Gasteiger partial charge is 0.354 e. The lowest BCUT2D eigenvalue weighted by atomic mass is 9.96. The highest BCUT2D eigenvalue weighted by atomic mass is 16.6. The Morgan fingerprint density at radius 1 is 1.14 bits per heavy atom. The molecule has 2 aliphatic heterocycles. The average molecular weight is 489 g/mol. The molecule has 0 radical (unpaired) electrons. The van der Waals surface area contributed by atoms with Crippen LogP contribution in [0.4, 0.5) is 11.4 Å². The van der Waals surface area contributed by atoms with Crippen molar-refractivity contribution in [1.82, 2.24) is 15.1 Å². The van der Waals surface area contributed by atoms with Crippen molar-refractivity contribution in [2.75, 3.05) is 4.90 Å². The Morgan fingerprint density at radius 3 is 2.61 bits per heavy atom. The third-order valence-corrected chi connectivity index (χ3v) is 6.66. The zero-order chi connectivity index (χ0) is 25.0. The molecular weight excluding hydrogens is 470 g/mol. The van der Waals surface area contributed by atoms with Gasteiger partial charge in [-0.25, -0.2) is 4.79 Å². The Kier molecular flexibility index (Phi) is 4.85. The van der Waals surface area contributed by atoms with Crippen LogP contribution in [-0.4, -0.2) is 49.5 Å². The molecule has 12 nitrogen and oxygen atoms in total. The van der Waals surface area contributed by atoms with Gasteiger partial charge in [-0.1, -0.05) is 12.1 Å². The SMILES string of the molecule is O=C1CCC2(C(=O)OCc3nnc(-c4ccc([N+](=O)[O-])cc4)o3)N1c1ccccc1C(=O)N2C1CC1. The number of fused-ring (bicyclic) bond motifs is 3. The summed E-state index contributed by atoms with van der Waals surface area (Å²) < 4.78 is 11.2. The molecule has 36 heavy (non-hydrogen) atoms. The van der Waals surface area contributed by atoms with Crippen LogP contribution in [0.15, 0.2) is 52.9 Å². The third kappa shape index (κ3) is 3.25. The standard InChI is InChI=1S/C24H19N5O7/c30-20-11-12-24(27(15-9-10-15)22(31)17-3-1-2-4-18(17)28(20)24)23(32)35-13-19-25-26-21(36-19)14-5-7-16(8-6-14)29(33)34/h1-8,15H,9-13H2. The molecule has 6 rings (SSSR count). The molecule has 3 aliphatic rings. The topological polar surface area (TPSA) is 149 Å². The zero-order valence-electron chi connectivity index (χ0n) is 18.8. The van der Waals surface area contributed by atoms with Crippen LogP contribution in [0.3, 0.4) is 0 Å². The summed E-state index contributed by atoms with van der Waals surface area (Å²) in [6, 6.07) is 12.2. The minimum absolute atomic E-state index is 0.00415. The maximum absolute atomic E-state index is 13.6. The highest BCUT2D eigenvalue weighted by molar-refractivity contribution is 6.15. The summed E-state index contributed by atoms with van der Waals surface area (Å²) in [5, 5.41) is 18.7. The Morgan fingerprint density at radius 2 is 1.89 bits per heavy atom. The van der Waals surface area contributed by atoms with Gasteiger partial charge in [-0.3, -0.25) is 24.6 Å². The van der Waals surface area contributed by atoms with Crippen LogP contribution in [0.1, 0.15) is 41.9 Å². The molecule has 1 aliphatic carbocycles. The minimum Gasteiger partial charge on any atom is -0.452 e. The molecule has 1 saturated heterocycles. The van der Waals surface area contributed by atoms with Gasteiger partial charge in [0.2, 0.25) is 17.5 Å². The van der Waals surface area contributed by atoms with Crippen molar-refractivity contribution in [2.45, 2.75) is 44.0 Å². The average Bonchev–Trinajstić information content (AvgIpc) is 3.49. The molecule has 0 spiro atoms. The maximum atomic E-state index is 13.6. The van der Waals surface area contributed by atoms with Gasteiger partial charge in [-0.15, -0.1) is 10.2 Å². The lowest BCUT2D eigenvalue weighted by Gasteiger charge is -2.48. The number of carbonyl (C=O) groups excluding carboxylic acids is 3. The molecule has 2 amide bonds. The van der Waals surface area contributed by atoms with E-state index in [1.165, 1.54) is 34.1 Å². The van der Waals surface area contributed by atoms with Crippen molar-refractivity contribution in [2.24, 2.45) is 0 Å². The predicted molar refractivity (Wildman–Crippen MR) is 121 cm³/mol. The van der Waals surface area contributed by atoms with Gasteiger partial charge in [0.05, 0.1) is 16.2 Å². The summed E-state index contributed by atoms with van der Waals surface area (Å²) in [4.78, 5) is 53.3. The van der Waals surface area contributed by atoms with Crippen molar-refractivity contribution in [3.63, 3.8) is 0 Å². The number of amides is 2. The molecule has 2 aromatic carbocycles. The van der Waals surface area contributed by atoms with Crippen molar-refractivity contribution >= 4 is 29.2 Å². The summed E-state index contributed by atoms with van der Waals surface area (Å²) in [5.74, 6) is -1.18. The van der Waals surface area contributed by atoms with Crippen molar-refractivity contribution in [3.05, 3.63) is 70.1 Å². The monoisotopic (exact) mass is 489 g/mol. The number of aromatic nitrogens is 2. The van der Waals surface area contributed by atoms with E-state index in [4.69, 9.17) is 9.15 Å². The number of nitro benzene ring substituents is 1. The van der Waals surface area contributed by atoms with E-state index in [1.54, 1.807) is 24.3 Å². The van der Waals surface area contributed by atoms with E-state index in [0.29, 0.717) is 16.8 Å². The number of hydrogen-bond donors (Lipinski definition) is 0. The number of hydrogen-bond acceptors (Lipinski definition) is 9. The number of non-ortho nitro benzene ring substituents is 1. The Balaban J connectivity index is 1.27. The first kappa shape index (κ1) is 21.9. The largest absolute Gasteiger partial charge is 0.452 e. The molecule has 1 aromatic heterocycles. The molecule has 0 N–H and O–H groups in total. The van der Waals surface area contributed by atoms with Crippen LogP contribution in [0, 0.1) is 10.1 Å². The van der Waals surface area contributed by atoms with Crippen LogP contribution in [0.2, 0.25) is 0 Å². The number of para-hydroxylation sites is 1. The fourth-order valence-electron chi connectivity index (χ4n) is 4.91. The number of ether oxygens (including phenoxy) is 1. The Bertz CT molecular complexity index is 1410. The van der Waals surface area contributed by atoms with E-state index in [9.17, 15) is 24.5 Å². The highest BCUT2D eigenvalue weighted by Crippen LogP contribution is 2.49. The van der Waals surface area contributed by atoms with E-state index in [2.05, 4.69) is 10.2 Å². The van der Waals surface area contributed by atoms with Crippen LogP contribution < -0.4 is 4.90 Å². The van der Waals surface area contributed by atoms with Gasteiger partial charge >= 0.3 is 5.97 Å². The summed E-state index contributed by atoms with van der Waals surface area (Å²) in [5.41, 5.74) is -0.396. The van der Waals surface area contributed by atoms with Gasteiger partial charge in [0.1, 0.15) is 0 Å². The van der Waals surface area contributed by atoms with E-state index in [0.717, 1.165) is 12.8 Å². The number of anilines is 1. The molecule has 12 heteroatoms. The van der Waals surface area contributed by atoms with E-state index in [1.807, 2.05) is 0 Å². The van der Waals surface area contributed by atoms with E-state index >= 15 is 0 Å². The van der Waals surface area contributed by atoms with Crippen molar-refractivity contribution in [1.29, 1.82) is 0 Å². The van der Waals surface area contributed by atoms with Gasteiger partial charge in [-0.2, -0.15) is 0 Å². The summed E-state index contributed by atoms with van der Waals surface area (Å²) in [7, 11) is 0. The summed E-state index contributed by atoms with van der Waals surface area (Å²) in [6.45, 7) is -0.364. The first-order chi connectivity index (χ1) is 17.4. The first-order valence-electron chi connectivity index (χ1n) is 11.4. The van der Waals surface area contributed by atoms with E-state index < -0.39 is 16.6 Å². The summed E-state index contributed by atoms with van der Waals surface area (Å²) >= 11 is 0. The normalized spacial score (nSPS) is 20.8. The lowest BCUT2D eigenvalue weighted by Crippen LogP contribution is -2.69. The molecule has 3 aromatic rings. The van der Waals surface area contributed by atoms with Gasteiger partial charge in [0, 0.05) is 36.6 Å². The fraction of sp³-hybridized carbons (Fsp3) is 0.292. The number of carbonyl (C=O) groups is 3. The van der Waals surface area contributed by atoms with E-state index in [-0.39, 0.29) is 54.8 Å². The maximum Gasteiger partial charge on any atom is 0.354 e. The van der Waals surface area contributed by atoms with Crippen LogP contribution in [-0.2, 0) is 20.9 Å². The van der Waals surface area contributed by atoms with Gasteiger partial charge in [0.25, 0.3) is 17.5 Å². The highest BCUT2D eigenvalue weighted by Gasteiger charge is 2.64. The second-order valence-corrected chi connectivity index (χ2v) is 8.85. The molecule has 0 bridgehead atoms. The molecule has 182 valence electrons. The fourth-order valence-corrected chi connectivity index (χ4v) is 4.91. The molecule has 1 atom stereocenters. The second kappa shape index (κ2) is 7.97. The lowest BCUT2D eigenvalue weighted by molar-refractivity contribution is -0.384. The number of nitrogens with zero attached hydrogens (tertiary/aromatic N) is 5. The molecule has 2 fully saturated rings. The predicted octanol–water partition coefficient (Wildman–Crippen LogP) is 2.83. The number of nitro groups is 1. The second-order valence-electron chi connectivity index (χ2n) is 8.85. The van der Waals surface area contributed by atoms with Gasteiger partial charge < -0.3 is 14.1 Å². The molecule has 3 heterocycles. The molecule has 1 saturated carbocycles. The Labute approximate surface area is 203 Å². The number of esters is 1. The van der Waals surface area contributed by atoms with Crippen LogP contribution in [0.5, 0.6) is 0 Å². The third-order valence-electron chi connectivity index (χ3n) is 6.66. The van der Waals surface area contributed by atoms with Crippen LogP contribution >= 0.6 is 0 Å². The first-order valence-corrected chi connectivity index (χ1v) is 11.4. The number of rotatable bonds is 6. The molecule has 1 unspecified atom stereocenters. The van der Waals surface area contributed by atoms with Gasteiger partial charge in [0.15, 0.2) is 6.61 Å². The van der Waals surface area contributed by atoms with Crippen molar-refractivity contribution in [3.8, 4) is 11.5 Å². The minimum atomic E-state index is -1.56. The Hall–Kier alpha value is -4.61. The zero-order valence-corrected chi connectivity index (χ0v) is 18.8. The van der Waals surface area contributed by atoms with Crippen molar-refractivity contribution < 1.29 is 28.5 Å². The summed E-state index contributed by atoms with van der Waals surface area (Å²) in [6.07, 6.45) is 1.71. The van der Waals surface area contributed by atoms with Gasteiger partial charge in [-0.05, 0) is 37.1 Å². The molecular formula is C24H19N5O7. The quantitative estimate of drug-likeness (QED) is 0.289. The van der Waals surface area contributed by atoms with Crippen LogP contribution in [0.25, 0.3) is 11.5 Å². The number of benzene rings is 2.